The highest BCUT2D eigenvalue weighted by Crippen LogP contribution is 2.32. The Morgan fingerprint density at radius 2 is 1.94 bits per heavy atom. The molecule has 4 rings (SSSR count). The van der Waals surface area contributed by atoms with Crippen molar-refractivity contribution in [2.24, 2.45) is 0 Å². The van der Waals surface area contributed by atoms with E-state index in [1.54, 1.807) is 18.2 Å². The molecular weight excluding hydrogens is 509 g/mol. The lowest BCUT2D eigenvalue weighted by Crippen LogP contribution is -2.14. The Morgan fingerprint density at radius 1 is 1.12 bits per heavy atom. The monoisotopic (exact) mass is 523 g/mol. The van der Waals surface area contributed by atoms with Crippen molar-refractivity contribution in [3.8, 4) is 22.6 Å². The number of anilines is 1. The summed E-state index contributed by atoms with van der Waals surface area (Å²) in [5.41, 5.74) is 2.31. The van der Waals surface area contributed by atoms with Gasteiger partial charge in [-0.3, -0.25) is 4.79 Å². The molecule has 1 N–H and O–H groups in total. The number of aromatic nitrogens is 4. The molecule has 32 heavy (non-hydrogen) atoms. The fourth-order valence-electron chi connectivity index (χ4n) is 2.96. The summed E-state index contributed by atoms with van der Waals surface area (Å²) in [5, 5.41) is 16.0. The maximum absolute atomic E-state index is 12.5. The van der Waals surface area contributed by atoms with Gasteiger partial charge >= 0.3 is 0 Å². The van der Waals surface area contributed by atoms with Crippen LogP contribution in [0.5, 0.6) is 0 Å². The molecule has 0 aliphatic carbocycles. The smallest absolute Gasteiger partial charge is 0.236 e. The minimum absolute atomic E-state index is 0.171. The zero-order chi connectivity index (χ0) is 22.7. The Kier molecular flexibility index (Phi) is 7.37. The molecule has 0 fully saturated rings. The number of hydrogen-bond acceptors (Lipinski definition) is 6. The van der Waals surface area contributed by atoms with Crippen LogP contribution in [-0.2, 0) is 11.3 Å². The van der Waals surface area contributed by atoms with Gasteiger partial charge in [0.2, 0.25) is 5.91 Å². The van der Waals surface area contributed by atoms with Crippen LogP contribution >= 0.6 is 57.9 Å². The topological polar surface area (TPSA) is 72.7 Å². The van der Waals surface area contributed by atoms with Crippen molar-refractivity contribution in [1.29, 1.82) is 0 Å². The first kappa shape index (κ1) is 23.1. The van der Waals surface area contributed by atoms with Crippen LogP contribution in [0, 0.1) is 0 Å². The zero-order valence-electron chi connectivity index (χ0n) is 16.7. The van der Waals surface area contributed by atoms with E-state index >= 15 is 0 Å². The van der Waals surface area contributed by atoms with Crippen LogP contribution in [0.4, 0.5) is 5.13 Å². The van der Waals surface area contributed by atoms with Crippen LogP contribution < -0.4 is 5.32 Å². The van der Waals surface area contributed by atoms with Gasteiger partial charge in [0.15, 0.2) is 16.1 Å². The second-order valence-corrected chi connectivity index (χ2v) is 9.64. The third-order valence-corrected chi connectivity index (χ3v) is 6.91. The summed E-state index contributed by atoms with van der Waals surface area (Å²) in [6.45, 7) is 2.66. The molecule has 4 aromatic rings. The van der Waals surface area contributed by atoms with Gasteiger partial charge in [-0.05, 0) is 37.3 Å². The fraction of sp³-hybridized carbons (Fsp3) is 0.143. The highest BCUT2D eigenvalue weighted by Gasteiger charge is 2.16. The molecule has 11 heteroatoms. The molecule has 1 amide bonds. The zero-order valence-corrected chi connectivity index (χ0v) is 20.6. The van der Waals surface area contributed by atoms with Gasteiger partial charge in [0.1, 0.15) is 0 Å². The number of amides is 1. The number of nitrogens with one attached hydrogen (secondary N) is 1. The molecule has 0 unspecified atom stereocenters. The number of thiazole rings is 1. The van der Waals surface area contributed by atoms with Gasteiger partial charge in [-0.2, -0.15) is 0 Å². The summed E-state index contributed by atoms with van der Waals surface area (Å²) in [5.74, 6) is 0.694. The third kappa shape index (κ3) is 5.27. The van der Waals surface area contributed by atoms with Gasteiger partial charge < -0.3 is 9.88 Å². The Bertz CT molecular complexity index is 1270. The summed E-state index contributed by atoms with van der Waals surface area (Å²) in [4.78, 5) is 16.9. The minimum atomic E-state index is -0.187. The van der Waals surface area contributed by atoms with E-state index in [4.69, 9.17) is 34.8 Å². The largest absolute Gasteiger partial charge is 0.302 e. The lowest BCUT2D eigenvalue weighted by Gasteiger charge is -2.07. The molecule has 0 aliphatic heterocycles. The molecule has 2 heterocycles. The number of nitrogens with zero attached hydrogens (tertiary/aromatic N) is 4. The normalized spacial score (nSPS) is 11.0. The van der Waals surface area contributed by atoms with Crippen molar-refractivity contribution in [2.75, 3.05) is 11.1 Å². The van der Waals surface area contributed by atoms with Crippen LogP contribution in [0.2, 0.25) is 15.1 Å². The van der Waals surface area contributed by atoms with Crippen LogP contribution in [0.3, 0.4) is 0 Å². The van der Waals surface area contributed by atoms with Crippen molar-refractivity contribution < 1.29 is 4.79 Å². The molecule has 6 nitrogen and oxygen atoms in total. The van der Waals surface area contributed by atoms with Gasteiger partial charge in [0, 0.05) is 33.1 Å². The number of benzene rings is 2. The Hall–Kier alpha value is -2.10. The summed E-state index contributed by atoms with van der Waals surface area (Å²) >= 11 is 20.9. The van der Waals surface area contributed by atoms with Crippen molar-refractivity contribution in [3.05, 3.63) is 62.9 Å². The lowest BCUT2D eigenvalue weighted by molar-refractivity contribution is -0.113. The van der Waals surface area contributed by atoms with Crippen molar-refractivity contribution >= 4 is 68.9 Å². The summed E-state index contributed by atoms with van der Waals surface area (Å²) in [6, 6.07) is 12.7. The Labute approximate surface area is 207 Å². The summed E-state index contributed by atoms with van der Waals surface area (Å²) in [7, 11) is 0. The van der Waals surface area contributed by atoms with E-state index in [0.29, 0.717) is 43.4 Å². The highest BCUT2D eigenvalue weighted by atomic mass is 35.5. The number of carbonyl (C=O) groups excluding carboxylic acids is 1. The SMILES string of the molecule is CCn1c(SCC(=O)Nc2nc(-c3ccc(Cl)cc3Cl)cs2)nnc1-c1cccc(Cl)c1. The second-order valence-electron chi connectivity index (χ2n) is 6.56. The second kappa shape index (κ2) is 10.2. The van der Waals surface area contributed by atoms with Crippen LogP contribution in [0.15, 0.2) is 53.0 Å². The third-order valence-electron chi connectivity index (χ3n) is 4.41. The molecule has 0 radical (unpaired) electrons. The molecule has 0 saturated heterocycles. The minimum Gasteiger partial charge on any atom is -0.302 e. The number of carbonyl (C=O) groups is 1. The van der Waals surface area contributed by atoms with Gasteiger partial charge in [-0.1, -0.05) is 58.7 Å². The molecule has 164 valence electrons. The van der Waals surface area contributed by atoms with Gasteiger partial charge in [-0.25, -0.2) is 4.98 Å². The first-order valence-electron chi connectivity index (χ1n) is 9.47. The predicted octanol–water partition coefficient (Wildman–Crippen LogP) is 6.78. The van der Waals surface area contributed by atoms with Gasteiger partial charge in [0.05, 0.1) is 16.5 Å². The number of halogens is 3. The molecule has 0 atom stereocenters. The van der Waals surface area contributed by atoms with Gasteiger partial charge in [-0.15, -0.1) is 21.5 Å². The maximum Gasteiger partial charge on any atom is 0.236 e. The Morgan fingerprint density at radius 3 is 2.69 bits per heavy atom. The highest BCUT2D eigenvalue weighted by molar-refractivity contribution is 7.99. The first-order valence-corrected chi connectivity index (χ1v) is 12.5. The number of hydrogen-bond donors (Lipinski definition) is 1. The van der Waals surface area contributed by atoms with Crippen LogP contribution in [0.1, 0.15) is 6.92 Å². The maximum atomic E-state index is 12.5. The van der Waals surface area contributed by atoms with Crippen LogP contribution in [0.25, 0.3) is 22.6 Å². The van der Waals surface area contributed by atoms with E-state index in [-0.39, 0.29) is 11.7 Å². The van der Waals surface area contributed by atoms with E-state index in [9.17, 15) is 4.79 Å². The van der Waals surface area contributed by atoms with E-state index in [0.717, 1.165) is 11.1 Å². The average molecular weight is 525 g/mol. The molecular formula is C21H16Cl3N5OS2. The first-order chi connectivity index (χ1) is 15.4. The number of thioether (sulfide) groups is 1. The van der Waals surface area contributed by atoms with Crippen molar-refractivity contribution in [1.82, 2.24) is 19.7 Å². The van der Waals surface area contributed by atoms with Crippen molar-refractivity contribution in [3.63, 3.8) is 0 Å². The molecule has 2 aromatic carbocycles. The molecule has 2 aromatic heterocycles. The summed E-state index contributed by atoms with van der Waals surface area (Å²) in [6.07, 6.45) is 0. The van der Waals surface area contributed by atoms with Crippen LogP contribution in [-0.4, -0.2) is 31.4 Å². The standard InChI is InChI=1S/C21H16Cl3N5OS2/c1-2-29-19(12-4-3-5-13(22)8-12)27-28-21(29)32-11-18(30)26-20-25-17(10-31-20)15-7-6-14(23)9-16(15)24/h3-10H,2,11H2,1H3,(H,25,26,30). The van der Waals surface area contributed by atoms with E-state index in [1.165, 1.54) is 23.1 Å². The van der Waals surface area contributed by atoms with Crippen molar-refractivity contribution in [2.45, 2.75) is 18.6 Å². The van der Waals surface area contributed by atoms with E-state index in [1.807, 2.05) is 41.1 Å². The number of rotatable bonds is 7. The molecule has 0 spiro atoms. The molecule has 0 aliphatic rings. The van der Waals surface area contributed by atoms with Gasteiger partial charge in [0.25, 0.3) is 0 Å². The quantitative estimate of drug-likeness (QED) is 0.270. The fourth-order valence-corrected chi connectivity index (χ4v) is 5.18. The molecule has 0 bridgehead atoms. The molecule has 0 saturated carbocycles. The van der Waals surface area contributed by atoms with E-state index < -0.39 is 0 Å². The lowest BCUT2D eigenvalue weighted by atomic mass is 10.2. The van der Waals surface area contributed by atoms with E-state index in [2.05, 4.69) is 20.5 Å². The summed E-state index contributed by atoms with van der Waals surface area (Å²) < 4.78 is 1.95. The Balaban J connectivity index is 1.41. The predicted molar refractivity (Wildman–Crippen MR) is 133 cm³/mol. The average Bonchev–Trinajstić information content (AvgIpc) is 3.39.